The first-order valence-electron chi connectivity index (χ1n) is 10.8. The van der Waals surface area contributed by atoms with Gasteiger partial charge in [0, 0.05) is 29.4 Å². The standard InChI is InChI=1S/C26H18N6O2S/c1-34-23-6-5-16(13-28)10-20(23)22-14-29-8-7-18(22)24(33)30-26-32-31-25(35-26)21-11-19(21)17-4-2-3-15(9-17)12-27/h2-10,14,19,21H,11H2,1H3,(H,30,32,33). The van der Waals surface area contributed by atoms with Gasteiger partial charge in [0.25, 0.3) is 5.91 Å². The summed E-state index contributed by atoms with van der Waals surface area (Å²) in [5, 5.41) is 31.0. The smallest absolute Gasteiger partial charge is 0.258 e. The molecule has 1 saturated carbocycles. The molecule has 2 atom stereocenters. The fraction of sp³-hybridized carbons (Fsp3) is 0.154. The van der Waals surface area contributed by atoms with Crippen LogP contribution in [0.5, 0.6) is 5.75 Å². The van der Waals surface area contributed by atoms with E-state index in [1.165, 1.54) is 24.6 Å². The molecule has 1 N–H and O–H groups in total. The second kappa shape index (κ2) is 9.34. The number of methoxy groups -OCH3 is 1. The van der Waals surface area contributed by atoms with Gasteiger partial charge in [-0.25, -0.2) is 0 Å². The van der Waals surface area contributed by atoms with Gasteiger partial charge in [-0.1, -0.05) is 23.5 Å². The lowest BCUT2D eigenvalue weighted by molar-refractivity contribution is 0.102. The van der Waals surface area contributed by atoms with Crippen LogP contribution in [0.1, 0.15) is 50.3 Å². The van der Waals surface area contributed by atoms with Gasteiger partial charge >= 0.3 is 0 Å². The Morgan fingerprint density at radius 3 is 2.69 bits per heavy atom. The van der Waals surface area contributed by atoms with Gasteiger partial charge in [0.15, 0.2) is 0 Å². The minimum atomic E-state index is -0.358. The van der Waals surface area contributed by atoms with E-state index in [-0.39, 0.29) is 11.8 Å². The molecule has 1 fully saturated rings. The molecule has 0 saturated heterocycles. The molecule has 9 heteroatoms. The van der Waals surface area contributed by atoms with Crippen LogP contribution in [-0.4, -0.2) is 28.2 Å². The third-order valence-electron chi connectivity index (χ3n) is 5.90. The van der Waals surface area contributed by atoms with Crippen LogP contribution in [-0.2, 0) is 0 Å². The number of nitriles is 2. The number of carbonyl (C=O) groups excluding carboxylic acids is 1. The van der Waals surface area contributed by atoms with E-state index in [2.05, 4.69) is 32.6 Å². The molecule has 1 amide bonds. The second-order valence-electron chi connectivity index (χ2n) is 8.03. The fourth-order valence-corrected chi connectivity index (χ4v) is 4.99. The highest BCUT2D eigenvalue weighted by Gasteiger charge is 2.42. The summed E-state index contributed by atoms with van der Waals surface area (Å²) in [5.41, 5.74) is 3.73. The number of carbonyl (C=O) groups is 1. The number of pyridine rings is 1. The lowest BCUT2D eigenvalue weighted by Crippen LogP contribution is -2.13. The van der Waals surface area contributed by atoms with Gasteiger partial charge in [-0.05, 0) is 54.3 Å². The van der Waals surface area contributed by atoms with E-state index in [9.17, 15) is 10.1 Å². The first-order valence-corrected chi connectivity index (χ1v) is 11.6. The summed E-state index contributed by atoms with van der Waals surface area (Å²) in [6.07, 6.45) is 4.04. The Kier molecular flexibility index (Phi) is 5.92. The number of rotatable bonds is 6. The number of aromatic nitrogens is 3. The Bertz CT molecular complexity index is 1520. The van der Waals surface area contributed by atoms with E-state index in [1.54, 1.807) is 36.5 Å². The maximum atomic E-state index is 13.2. The predicted molar refractivity (Wildman–Crippen MR) is 130 cm³/mol. The van der Waals surface area contributed by atoms with Crippen molar-refractivity contribution in [1.82, 2.24) is 15.2 Å². The van der Waals surface area contributed by atoms with Gasteiger partial charge in [0.2, 0.25) is 5.13 Å². The van der Waals surface area contributed by atoms with Crippen molar-refractivity contribution in [3.63, 3.8) is 0 Å². The van der Waals surface area contributed by atoms with Crippen molar-refractivity contribution in [2.75, 3.05) is 12.4 Å². The molecule has 8 nitrogen and oxygen atoms in total. The van der Waals surface area contributed by atoms with Gasteiger partial charge in [-0.3, -0.25) is 15.1 Å². The molecular formula is C26H18N6O2S. The van der Waals surface area contributed by atoms with Crippen LogP contribution in [0.15, 0.2) is 60.9 Å². The number of hydrogen-bond donors (Lipinski definition) is 1. The lowest BCUT2D eigenvalue weighted by Gasteiger charge is -2.12. The normalized spacial score (nSPS) is 16.1. The Morgan fingerprint density at radius 1 is 1.06 bits per heavy atom. The van der Waals surface area contributed by atoms with Crippen LogP contribution < -0.4 is 10.1 Å². The van der Waals surface area contributed by atoms with Crippen molar-refractivity contribution in [1.29, 1.82) is 10.5 Å². The Morgan fingerprint density at radius 2 is 1.89 bits per heavy atom. The quantitative estimate of drug-likeness (QED) is 0.419. The van der Waals surface area contributed by atoms with Crippen molar-refractivity contribution in [2.45, 2.75) is 18.3 Å². The molecule has 1 aliphatic rings. The number of nitrogens with zero attached hydrogens (tertiary/aromatic N) is 5. The molecule has 0 bridgehead atoms. The van der Waals surface area contributed by atoms with E-state index in [4.69, 9.17) is 10.00 Å². The van der Waals surface area contributed by atoms with E-state index in [0.29, 0.717) is 44.6 Å². The van der Waals surface area contributed by atoms with E-state index < -0.39 is 0 Å². The van der Waals surface area contributed by atoms with Gasteiger partial charge in [0.1, 0.15) is 10.8 Å². The van der Waals surface area contributed by atoms with Crippen LogP contribution in [0.2, 0.25) is 0 Å². The van der Waals surface area contributed by atoms with Crippen molar-refractivity contribution in [3.8, 4) is 29.0 Å². The molecule has 0 aliphatic heterocycles. The second-order valence-corrected chi connectivity index (χ2v) is 9.04. The summed E-state index contributed by atoms with van der Waals surface area (Å²) >= 11 is 1.35. The lowest BCUT2D eigenvalue weighted by atomic mass is 9.99. The summed E-state index contributed by atoms with van der Waals surface area (Å²) in [4.78, 5) is 17.3. The number of ether oxygens (including phenoxy) is 1. The summed E-state index contributed by atoms with van der Waals surface area (Å²) in [7, 11) is 1.53. The van der Waals surface area contributed by atoms with Crippen LogP contribution in [0, 0.1) is 22.7 Å². The molecule has 2 unspecified atom stereocenters. The highest BCUT2D eigenvalue weighted by atomic mass is 32.1. The van der Waals surface area contributed by atoms with Crippen molar-refractivity contribution in [2.24, 2.45) is 0 Å². The minimum absolute atomic E-state index is 0.224. The molecule has 5 rings (SSSR count). The minimum Gasteiger partial charge on any atom is -0.496 e. The van der Waals surface area contributed by atoms with Crippen LogP contribution in [0.4, 0.5) is 5.13 Å². The summed E-state index contributed by atoms with van der Waals surface area (Å²) in [6, 6.07) is 18.5. The average molecular weight is 479 g/mol. The summed E-state index contributed by atoms with van der Waals surface area (Å²) < 4.78 is 5.44. The number of nitrogens with one attached hydrogen (secondary N) is 1. The van der Waals surface area contributed by atoms with Crippen LogP contribution >= 0.6 is 11.3 Å². The van der Waals surface area contributed by atoms with Crippen molar-refractivity contribution in [3.05, 3.63) is 88.2 Å². The first-order chi connectivity index (χ1) is 17.1. The van der Waals surface area contributed by atoms with Crippen molar-refractivity contribution >= 4 is 22.4 Å². The summed E-state index contributed by atoms with van der Waals surface area (Å²) in [5.74, 6) is 0.695. The number of amides is 1. The van der Waals surface area contributed by atoms with Gasteiger partial charge in [0.05, 0.1) is 35.9 Å². The molecule has 2 heterocycles. The van der Waals surface area contributed by atoms with Gasteiger partial charge in [-0.2, -0.15) is 10.5 Å². The maximum Gasteiger partial charge on any atom is 0.258 e. The molecule has 2 aromatic carbocycles. The molecule has 0 radical (unpaired) electrons. The predicted octanol–water partition coefficient (Wildman–Crippen LogP) is 4.88. The van der Waals surface area contributed by atoms with Gasteiger partial charge in [-0.15, -0.1) is 10.2 Å². The molecule has 4 aromatic rings. The third-order valence-corrected chi connectivity index (χ3v) is 6.87. The molecular weight excluding hydrogens is 460 g/mol. The molecule has 0 spiro atoms. The van der Waals surface area contributed by atoms with E-state index in [0.717, 1.165) is 17.0 Å². The fourth-order valence-electron chi connectivity index (χ4n) is 4.07. The van der Waals surface area contributed by atoms with E-state index >= 15 is 0 Å². The third kappa shape index (κ3) is 4.45. The Hall–Kier alpha value is -4.60. The van der Waals surface area contributed by atoms with Gasteiger partial charge < -0.3 is 4.74 Å². The van der Waals surface area contributed by atoms with Crippen molar-refractivity contribution < 1.29 is 9.53 Å². The topological polar surface area (TPSA) is 125 Å². The molecule has 35 heavy (non-hydrogen) atoms. The Labute approximate surface area is 205 Å². The molecule has 170 valence electrons. The number of benzene rings is 2. The first kappa shape index (κ1) is 22.2. The summed E-state index contributed by atoms with van der Waals surface area (Å²) in [6.45, 7) is 0. The van der Waals surface area contributed by atoms with Crippen LogP contribution in [0.3, 0.4) is 0 Å². The maximum absolute atomic E-state index is 13.2. The number of anilines is 1. The zero-order valence-electron chi connectivity index (χ0n) is 18.6. The van der Waals surface area contributed by atoms with E-state index in [1.807, 2.05) is 18.2 Å². The van der Waals surface area contributed by atoms with Crippen LogP contribution in [0.25, 0.3) is 11.1 Å². The highest BCUT2D eigenvalue weighted by molar-refractivity contribution is 7.15. The highest BCUT2D eigenvalue weighted by Crippen LogP contribution is 2.55. The average Bonchev–Trinajstić information content (AvgIpc) is 3.59. The monoisotopic (exact) mass is 478 g/mol. The molecule has 2 aromatic heterocycles. The molecule has 1 aliphatic carbocycles. The number of hydrogen-bond acceptors (Lipinski definition) is 8. The zero-order chi connectivity index (χ0) is 24.4. The zero-order valence-corrected chi connectivity index (χ0v) is 19.4. The SMILES string of the molecule is COc1ccc(C#N)cc1-c1cnccc1C(=O)Nc1nnc(C2CC2c2cccc(C#N)c2)s1. The Balaban J connectivity index is 1.36. The largest absolute Gasteiger partial charge is 0.496 e.